The number of hydrogen-bond acceptors (Lipinski definition) is 10. The van der Waals surface area contributed by atoms with E-state index < -0.39 is 17.7 Å². The van der Waals surface area contributed by atoms with Gasteiger partial charge in [-0.15, -0.1) is 0 Å². The summed E-state index contributed by atoms with van der Waals surface area (Å²) in [6, 6.07) is 17.3. The number of ether oxygens (including phenoxy) is 1. The Morgan fingerprint density at radius 1 is 0.979 bits per heavy atom. The van der Waals surface area contributed by atoms with Crippen LogP contribution in [0.4, 0.5) is 5.69 Å². The van der Waals surface area contributed by atoms with Gasteiger partial charge in [-0.1, -0.05) is 29.4 Å². The van der Waals surface area contributed by atoms with Crippen LogP contribution in [-0.2, 0) is 16.0 Å². The van der Waals surface area contributed by atoms with Gasteiger partial charge in [0.25, 0.3) is 5.91 Å². The van der Waals surface area contributed by atoms with E-state index in [0.29, 0.717) is 49.0 Å². The summed E-state index contributed by atoms with van der Waals surface area (Å²) in [7, 11) is 4.06. The highest BCUT2D eigenvalue weighted by atomic mass is 16.5. The number of aromatic amines is 1. The number of pyridine rings is 1. The van der Waals surface area contributed by atoms with Crippen molar-refractivity contribution >= 4 is 17.5 Å². The van der Waals surface area contributed by atoms with Gasteiger partial charge in [-0.2, -0.15) is 0 Å². The highest BCUT2D eigenvalue weighted by molar-refractivity contribution is 6.17. The van der Waals surface area contributed by atoms with Crippen LogP contribution < -0.4 is 26.9 Å². The number of imide groups is 1. The van der Waals surface area contributed by atoms with Gasteiger partial charge in [0.2, 0.25) is 11.8 Å². The predicted octanol–water partition coefficient (Wildman–Crippen LogP) is 3.62. The number of nitrogens with zero attached hydrogens (tertiary/aromatic N) is 4. The number of aromatic nitrogens is 3. The summed E-state index contributed by atoms with van der Waals surface area (Å²) in [5.41, 5.74) is 16.1. The average Bonchev–Trinajstić information content (AvgIpc) is 3.53. The van der Waals surface area contributed by atoms with Crippen molar-refractivity contribution in [1.82, 2.24) is 20.0 Å². The first-order chi connectivity index (χ1) is 22.7. The molecule has 0 radical (unpaired) electrons. The number of amides is 2. The number of nitrogens with two attached hydrogens (primary N) is 2. The van der Waals surface area contributed by atoms with Crippen molar-refractivity contribution in [3.8, 4) is 28.4 Å². The maximum absolute atomic E-state index is 13.9. The maximum atomic E-state index is 13.9. The van der Waals surface area contributed by atoms with Crippen LogP contribution in [0.25, 0.3) is 22.5 Å². The Morgan fingerprint density at radius 3 is 2.26 bits per heavy atom. The van der Waals surface area contributed by atoms with E-state index in [1.807, 2.05) is 50.5 Å². The normalized spacial score (nSPS) is 17.0. The number of benzene rings is 2. The molecule has 5 N–H and O–H groups in total. The van der Waals surface area contributed by atoms with Gasteiger partial charge in [-0.25, -0.2) is 14.7 Å². The van der Waals surface area contributed by atoms with Crippen LogP contribution in [0.3, 0.4) is 0 Å². The first-order valence-electron chi connectivity index (χ1n) is 16.0. The number of carbonyl (C=O) groups excluding carboxylic acids is 2. The first-order valence-corrected chi connectivity index (χ1v) is 16.0. The third-order valence-corrected chi connectivity index (χ3v) is 8.61. The zero-order valence-electron chi connectivity index (χ0n) is 26.9. The molecule has 0 aliphatic heterocycles. The quantitative estimate of drug-likeness (QED) is 0.183. The van der Waals surface area contributed by atoms with Crippen LogP contribution in [0.15, 0.2) is 76.2 Å². The molecule has 2 heterocycles. The second kappa shape index (κ2) is 15.8. The van der Waals surface area contributed by atoms with Gasteiger partial charge in [0.15, 0.2) is 5.82 Å². The molecule has 1 saturated carbocycles. The predicted molar refractivity (Wildman–Crippen MR) is 180 cm³/mol. The lowest BCUT2D eigenvalue weighted by Gasteiger charge is -2.32. The maximum Gasteiger partial charge on any atom is 0.439 e. The Kier molecular flexibility index (Phi) is 11.3. The molecule has 4 aromatic rings. The second-order valence-electron chi connectivity index (χ2n) is 12.4. The zero-order chi connectivity index (χ0) is 33.3. The molecule has 2 amide bonds. The molecule has 1 atom stereocenters. The van der Waals surface area contributed by atoms with Crippen molar-refractivity contribution in [2.75, 3.05) is 38.7 Å². The van der Waals surface area contributed by atoms with Crippen molar-refractivity contribution in [3.63, 3.8) is 0 Å². The molecule has 0 saturated heterocycles. The lowest BCUT2D eigenvalue weighted by molar-refractivity contribution is -0.130. The van der Waals surface area contributed by atoms with Gasteiger partial charge in [0, 0.05) is 35.9 Å². The van der Waals surface area contributed by atoms with Crippen molar-refractivity contribution < 1.29 is 18.8 Å². The van der Waals surface area contributed by atoms with Crippen molar-refractivity contribution in [2.45, 2.75) is 44.6 Å². The summed E-state index contributed by atoms with van der Waals surface area (Å²) in [5.74, 6) is -0.497. The van der Waals surface area contributed by atoms with Crippen LogP contribution in [0.2, 0.25) is 0 Å². The summed E-state index contributed by atoms with van der Waals surface area (Å²) in [4.78, 5) is 49.5. The SMILES string of the molecule is CN(C)CCCOc1ccc(-c2ccc(C[C@H](N)C(=O)N(C(=O)C3CCC(CN)CC3)c3ccc(-c4noc(=O)[nH]4)cc3)cc2)cn1. The Labute approximate surface area is 274 Å². The van der Waals surface area contributed by atoms with E-state index >= 15 is 0 Å². The molecule has 248 valence electrons. The third-order valence-electron chi connectivity index (χ3n) is 8.61. The molecular weight excluding hydrogens is 598 g/mol. The zero-order valence-corrected chi connectivity index (χ0v) is 26.9. The highest BCUT2D eigenvalue weighted by Gasteiger charge is 2.35. The van der Waals surface area contributed by atoms with E-state index in [-0.39, 0.29) is 24.1 Å². The molecule has 2 aromatic carbocycles. The second-order valence-corrected chi connectivity index (χ2v) is 12.4. The molecule has 12 nitrogen and oxygen atoms in total. The van der Waals surface area contributed by atoms with Crippen molar-refractivity contribution in [3.05, 3.63) is 83.0 Å². The minimum atomic E-state index is -0.956. The lowest BCUT2D eigenvalue weighted by Crippen LogP contribution is -2.50. The molecule has 1 aliphatic rings. The number of rotatable bonds is 13. The summed E-state index contributed by atoms with van der Waals surface area (Å²) < 4.78 is 10.3. The fourth-order valence-electron chi connectivity index (χ4n) is 5.85. The van der Waals surface area contributed by atoms with E-state index in [1.54, 1.807) is 30.5 Å². The largest absolute Gasteiger partial charge is 0.478 e. The standard InChI is InChI=1S/C35H43N7O5/c1-41(2)18-3-19-46-31-17-14-28(22-38-31)25-8-4-23(5-9-25)20-30(37)34(44)42(33(43)27-10-6-24(21-36)7-11-27)29-15-12-26(13-16-29)32-39-35(45)47-40-32/h4-5,8-9,12-17,22,24,27,30H,3,6-7,10-11,18-21,36-37H2,1-2H3,(H,39,40,45)/t24?,27?,30-/m0/s1. The molecule has 47 heavy (non-hydrogen) atoms. The number of nitrogens with one attached hydrogen (secondary N) is 1. The van der Waals surface area contributed by atoms with Gasteiger partial charge in [0.05, 0.1) is 18.3 Å². The van der Waals surface area contributed by atoms with Crippen LogP contribution in [0, 0.1) is 11.8 Å². The number of anilines is 1. The minimum Gasteiger partial charge on any atom is -0.478 e. The van der Waals surface area contributed by atoms with Crippen molar-refractivity contribution in [2.24, 2.45) is 23.3 Å². The molecule has 12 heteroatoms. The Morgan fingerprint density at radius 2 is 1.66 bits per heavy atom. The van der Waals surface area contributed by atoms with Gasteiger partial charge in [0.1, 0.15) is 0 Å². The number of hydrogen-bond donors (Lipinski definition) is 3. The lowest BCUT2D eigenvalue weighted by atomic mass is 9.81. The first kappa shape index (κ1) is 33.7. The Bertz CT molecular complexity index is 1660. The molecule has 5 rings (SSSR count). The van der Waals surface area contributed by atoms with Gasteiger partial charge >= 0.3 is 5.76 Å². The highest BCUT2D eigenvalue weighted by Crippen LogP contribution is 2.32. The van der Waals surface area contributed by atoms with Crippen LogP contribution >= 0.6 is 0 Å². The number of carbonyl (C=O) groups is 2. The Balaban J connectivity index is 1.27. The van der Waals surface area contributed by atoms with Crippen LogP contribution in [0.1, 0.15) is 37.7 Å². The summed E-state index contributed by atoms with van der Waals surface area (Å²) in [5, 5.41) is 3.71. The Hall–Kier alpha value is -4.65. The van der Waals surface area contributed by atoms with Crippen LogP contribution in [0.5, 0.6) is 5.88 Å². The molecular formula is C35H43N7O5. The molecule has 1 aliphatic carbocycles. The average molecular weight is 642 g/mol. The van der Waals surface area contributed by atoms with E-state index in [0.717, 1.165) is 42.5 Å². The number of H-pyrrole nitrogens is 1. The summed E-state index contributed by atoms with van der Waals surface area (Å²) >= 11 is 0. The van der Waals surface area contributed by atoms with E-state index in [1.165, 1.54) is 4.90 Å². The monoisotopic (exact) mass is 641 g/mol. The minimum absolute atomic E-state index is 0.249. The van der Waals surface area contributed by atoms with E-state index in [9.17, 15) is 14.4 Å². The topological polar surface area (TPSA) is 174 Å². The molecule has 0 spiro atoms. The molecule has 0 bridgehead atoms. The van der Waals surface area contributed by atoms with E-state index in [4.69, 9.17) is 16.2 Å². The fraction of sp³-hybridized carbons (Fsp3) is 0.400. The summed E-state index contributed by atoms with van der Waals surface area (Å²) in [6.45, 7) is 2.14. The smallest absolute Gasteiger partial charge is 0.439 e. The van der Waals surface area contributed by atoms with Gasteiger partial charge in [-0.3, -0.25) is 19.1 Å². The van der Waals surface area contributed by atoms with Crippen LogP contribution in [-0.4, -0.2) is 71.7 Å². The molecule has 0 unspecified atom stereocenters. The third kappa shape index (κ3) is 8.79. The molecule has 2 aromatic heterocycles. The summed E-state index contributed by atoms with van der Waals surface area (Å²) in [6.07, 6.45) is 5.96. The van der Waals surface area contributed by atoms with Gasteiger partial charge < -0.3 is 21.1 Å². The fourth-order valence-corrected chi connectivity index (χ4v) is 5.85. The molecule has 1 fully saturated rings. The van der Waals surface area contributed by atoms with E-state index in [2.05, 4.69) is 24.5 Å². The van der Waals surface area contributed by atoms with Gasteiger partial charge in [-0.05, 0) is 107 Å². The van der Waals surface area contributed by atoms with Crippen molar-refractivity contribution in [1.29, 1.82) is 0 Å².